The molecule has 1 fully saturated rings. The third-order valence-electron chi connectivity index (χ3n) is 6.15. The van der Waals surface area contributed by atoms with Crippen molar-refractivity contribution in [2.45, 2.75) is 71.1 Å². The fourth-order valence-corrected chi connectivity index (χ4v) is 5.30. The van der Waals surface area contributed by atoms with Crippen LogP contribution >= 0.6 is 7.82 Å². The molecule has 194 valence electrons. The molecular weight excluding hydrogens is 461 g/mol. The Labute approximate surface area is 211 Å². The second-order valence-corrected chi connectivity index (χ2v) is 10.6. The largest absolute Gasteiger partial charge is 0.530 e. The van der Waals surface area contributed by atoms with E-state index in [1.54, 1.807) is 12.1 Å². The third kappa shape index (κ3) is 10.6. The summed E-state index contributed by atoms with van der Waals surface area (Å²) in [6.45, 7) is 4.73. The highest BCUT2D eigenvalue weighted by atomic mass is 31.2. The van der Waals surface area contributed by atoms with Gasteiger partial charge in [-0.3, -0.25) is 9.05 Å². The van der Waals surface area contributed by atoms with Crippen molar-refractivity contribution in [1.82, 2.24) is 0 Å². The number of phosphoric acid groups is 1. The average Bonchev–Trinajstić information content (AvgIpc) is 2.86. The summed E-state index contributed by atoms with van der Waals surface area (Å²) in [5.41, 5.74) is 1.06. The minimum atomic E-state index is -3.61. The third-order valence-corrected chi connectivity index (χ3v) is 7.58. The second kappa shape index (κ2) is 15.9. The number of hydrogen-bond donors (Lipinski definition) is 0. The van der Waals surface area contributed by atoms with E-state index in [-0.39, 0.29) is 13.2 Å². The summed E-state index contributed by atoms with van der Waals surface area (Å²) < 4.78 is 35.3. The lowest BCUT2D eigenvalue weighted by Crippen LogP contribution is -2.33. The Kier molecular flexibility index (Phi) is 12.5. The smallest absolute Gasteiger partial charge is 0.494 e. The molecule has 1 aliphatic rings. The molecule has 0 aromatic heterocycles. The van der Waals surface area contributed by atoms with E-state index in [0.717, 1.165) is 24.5 Å². The van der Waals surface area contributed by atoms with Crippen molar-refractivity contribution < 1.29 is 22.9 Å². The molecule has 0 spiro atoms. The normalized spacial score (nSPS) is 15.9. The zero-order chi connectivity index (χ0) is 24.6. The maximum Gasteiger partial charge on any atom is 0.530 e. The summed E-state index contributed by atoms with van der Waals surface area (Å²) in [5, 5.41) is 0. The van der Waals surface area contributed by atoms with Crippen LogP contribution < -0.4 is 14.2 Å². The fraction of sp³-hybridized carbons (Fsp3) is 0.571. The molecule has 3 rings (SSSR count). The Morgan fingerprint density at radius 1 is 0.743 bits per heavy atom. The van der Waals surface area contributed by atoms with Crippen LogP contribution in [-0.2, 0) is 13.6 Å². The van der Waals surface area contributed by atoms with Crippen LogP contribution in [0.4, 0.5) is 5.69 Å². The number of anilines is 1. The quantitative estimate of drug-likeness (QED) is 0.181. The lowest BCUT2D eigenvalue weighted by atomic mass is 10.1. The molecule has 0 radical (unpaired) electrons. The molecule has 6 nitrogen and oxygen atoms in total. The summed E-state index contributed by atoms with van der Waals surface area (Å²) in [7, 11) is -3.61. The first-order chi connectivity index (χ1) is 17.2. The molecule has 2 aromatic carbocycles. The van der Waals surface area contributed by atoms with Crippen molar-refractivity contribution in [3.63, 3.8) is 0 Å². The minimum absolute atomic E-state index is 0.251. The van der Waals surface area contributed by atoms with Crippen LogP contribution in [0.3, 0.4) is 0 Å². The van der Waals surface area contributed by atoms with Crippen LogP contribution in [0.2, 0.25) is 0 Å². The van der Waals surface area contributed by atoms with Gasteiger partial charge in [0.1, 0.15) is 11.5 Å². The van der Waals surface area contributed by atoms with Crippen molar-refractivity contribution in [3.8, 4) is 11.5 Å². The molecule has 1 aliphatic heterocycles. The molecule has 0 unspecified atom stereocenters. The van der Waals surface area contributed by atoms with Gasteiger partial charge in [0.05, 0.1) is 19.8 Å². The van der Waals surface area contributed by atoms with Crippen LogP contribution in [0.5, 0.6) is 11.5 Å². The van der Waals surface area contributed by atoms with Gasteiger partial charge in [-0.15, -0.1) is 0 Å². The van der Waals surface area contributed by atoms with E-state index in [0.29, 0.717) is 18.8 Å². The molecule has 0 saturated carbocycles. The van der Waals surface area contributed by atoms with Gasteiger partial charge in [0.25, 0.3) is 0 Å². The van der Waals surface area contributed by atoms with Gasteiger partial charge in [0, 0.05) is 18.8 Å². The van der Waals surface area contributed by atoms with E-state index < -0.39 is 7.82 Å². The molecule has 0 bridgehead atoms. The number of nitrogens with zero attached hydrogens (tertiary/aromatic N) is 1. The predicted molar refractivity (Wildman–Crippen MR) is 143 cm³/mol. The minimum Gasteiger partial charge on any atom is -0.494 e. The van der Waals surface area contributed by atoms with Crippen molar-refractivity contribution in [2.24, 2.45) is 0 Å². The monoisotopic (exact) mass is 503 g/mol. The molecule has 0 atom stereocenters. The van der Waals surface area contributed by atoms with Crippen molar-refractivity contribution in [1.29, 1.82) is 0 Å². The van der Waals surface area contributed by atoms with E-state index in [2.05, 4.69) is 24.0 Å². The molecule has 0 N–H and O–H groups in total. The highest BCUT2D eigenvalue weighted by molar-refractivity contribution is 7.48. The van der Waals surface area contributed by atoms with Crippen LogP contribution in [-0.4, -0.2) is 32.9 Å². The maximum absolute atomic E-state index is 12.8. The number of hydrogen-bond acceptors (Lipinski definition) is 6. The van der Waals surface area contributed by atoms with Gasteiger partial charge < -0.3 is 14.2 Å². The Hall–Kier alpha value is -2.01. The lowest BCUT2D eigenvalue weighted by Gasteiger charge is -2.29. The summed E-state index contributed by atoms with van der Waals surface area (Å²) in [6.07, 6.45) is 13.2. The molecule has 7 heteroatoms. The number of benzene rings is 2. The van der Waals surface area contributed by atoms with Gasteiger partial charge in [-0.1, -0.05) is 82.9 Å². The van der Waals surface area contributed by atoms with E-state index in [9.17, 15) is 4.57 Å². The number of para-hydroxylation sites is 1. The average molecular weight is 504 g/mol. The van der Waals surface area contributed by atoms with Gasteiger partial charge in [-0.2, -0.15) is 0 Å². The molecule has 0 aliphatic carbocycles. The maximum atomic E-state index is 12.8. The Morgan fingerprint density at radius 3 is 1.91 bits per heavy atom. The van der Waals surface area contributed by atoms with Gasteiger partial charge in [-0.25, -0.2) is 4.57 Å². The summed E-state index contributed by atoms with van der Waals surface area (Å²) in [4.78, 5) is 2.15. The highest BCUT2D eigenvalue weighted by Crippen LogP contribution is 2.49. The van der Waals surface area contributed by atoms with E-state index in [1.807, 2.05) is 30.3 Å². The van der Waals surface area contributed by atoms with Crippen LogP contribution in [0.15, 0.2) is 54.6 Å². The highest BCUT2D eigenvalue weighted by Gasteiger charge is 2.30. The molecular formula is C28H42NO5P. The Bertz CT molecular complexity index is 847. The number of rotatable bonds is 15. The van der Waals surface area contributed by atoms with Gasteiger partial charge in [-0.05, 0) is 42.8 Å². The Balaban J connectivity index is 1.30. The second-order valence-electron chi connectivity index (χ2n) is 9.03. The predicted octanol–water partition coefficient (Wildman–Crippen LogP) is 8.03. The van der Waals surface area contributed by atoms with Crippen molar-refractivity contribution in [2.75, 3.05) is 37.8 Å². The van der Waals surface area contributed by atoms with Gasteiger partial charge >= 0.3 is 7.82 Å². The summed E-state index contributed by atoms with van der Waals surface area (Å²) in [5.74, 6) is 1.37. The van der Waals surface area contributed by atoms with Crippen LogP contribution in [0.25, 0.3) is 0 Å². The molecule has 1 heterocycles. The zero-order valence-corrected chi connectivity index (χ0v) is 22.1. The van der Waals surface area contributed by atoms with Crippen molar-refractivity contribution >= 4 is 13.5 Å². The fourth-order valence-electron chi connectivity index (χ4n) is 4.13. The van der Waals surface area contributed by atoms with Crippen LogP contribution in [0, 0.1) is 0 Å². The molecule has 2 aromatic rings. The van der Waals surface area contributed by atoms with Crippen LogP contribution in [0.1, 0.15) is 71.1 Å². The number of ether oxygens (including phenoxy) is 1. The number of phosphoric ester groups is 1. The van der Waals surface area contributed by atoms with Gasteiger partial charge in [0.2, 0.25) is 0 Å². The first-order valence-electron chi connectivity index (χ1n) is 13.3. The first-order valence-corrected chi connectivity index (χ1v) is 14.8. The van der Waals surface area contributed by atoms with Crippen molar-refractivity contribution in [3.05, 3.63) is 54.6 Å². The lowest BCUT2D eigenvalue weighted by molar-refractivity contribution is 0.149. The standard InChI is InChI=1S/C28H42NO5P/c1-2-3-4-5-6-7-8-9-10-14-23-31-27-19-17-26(18-20-27)29-21-24-32-35(30,33-25-22-29)34-28-15-12-11-13-16-28/h11-13,15-20H,2-10,14,21-25H2,1H3. The molecule has 35 heavy (non-hydrogen) atoms. The van der Waals surface area contributed by atoms with Gasteiger partial charge in [0.15, 0.2) is 0 Å². The summed E-state index contributed by atoms with van der Waals surface area (Å²) in [6, 6.07) is 17.1. The van der Waals surface area contributed by atoms with E-state index in [4.69, 9.17) is 18.3 Å². The van der Waals surface area contributed by atoms with E-state index >= 15 is 0 Å². The summed E-state index contributed by atoms with van der Waals surface area (Å²) >= 11 is 0. The number of unbranched alkanes of at least 4 members (excludes halogenated alkanes) is 9. The SMILES string of the molecule is CCCCCCCCCCCCOc1ccc(N2CCOP(=O)(Oc3ccccc3)OCC2)cc1. The molecule has 1 saturated heterocycles. The molecule has 0 amide bonds. The topological polar surface area (TPSA) is 57.2 Å². The first kappa shape index (κ1) is 27.6. The zero-order valence-electron chi connectivity index (χ0n) is 21.2. The Morgan fingerprint density at radius 2 is 1.31 bits per heavy atom. The van der Waals surface area contributed by atoms with E-state index in [1.165, 1.54) is 57.8 Å².